The molecule has 4 N–H and O–H groups in total. The van der Waals surface area contributed by atoms with Crippen LogP contribution in [0.3, 0.4) is 0 Å². The predicted molar refractivity (Wildman–Crippen MR) is 78.2 cm³/mol. The van der Waals surface area contributed by atoms with Crippen molar-refractivity contribution in [2.45, 2.75) is 18.2 Å². The highest BCUT2D eigenvalue weighted by molar-refractivity contribution is 7.90. The van der Waals surface area contributed by atoms with Crippen molar-refractivity contribution in [1.82, 2.24) is 5.32 Å². The van der Waals surface area contributed by atoms with Crippen LogP contribution in [-0.4, -0.2) is 37.0 Å². The van der Waals surface area contributed by atoms with Crippen LogP contribution in [0.25, 0.3) is 6.08 Å². The average molecular weight is 362 g/mol. The number of benzene rings is 1. The molecule has 0 unspecified atom stereocenters. The molecule has 1 radical (unpaired) electrons. The summed E-state index contributed by atoms with van der Waals surface area (Å²) in [7, 11) is -9.25. The average Bonchev–Trinajstić information content (AvgIpc) is 2.34. The van der Waals surface area contributed by atoms with Gasteiger partial charge in [0, 0.05) is 25.0 Å². The monoisotopic (exact) mass is 362 g/mol. The number of rotatable bonds is 3. The smallest absolute Gasteiger partial charge is 0.294 e. The third kappa shape index (κ3) is 3.69. The van der Waals surface area contributed by atoms with Gasteiger partial charge >= 0.3 is 0 Å². The van der Waals surface area contributed by atoms with Crippen LogP contribution in [0.4, 0.5) is 0 Å². The van der Waals surface area contributed by atoms with Gasteiger partial charge in [-0.3, -0.25) is 13.9 Å². The van der Waals surface area contributed by atoms with E-state index in [1.165, 1.54) is 0 Å². The van der Waals surface area contributed by atoms with E-state index in [-0.39, 0.29) is 17.2 Å². The molecule has 0 fully saturated rings. The molecule has 9 nitrogen and oxygen atoms in total. The number of phenolic OH excluding ortho intramolecular Hbond substituents is 1. The van der Waals surface area contributed by atoms with Crippen LogP contribution < -0.4 is 5.32 Å². The summed E-state index contributed by atoms with van der Waals surface area (Å²) in [5.74, 6) is -1.13. The van der Waals surface area contributed by atoms with Crippen LogP contribution in [-0.2, 0) is 25.0 Å². The maximum Gasteiger partial charge on any atom is 0.294 e. The van der Waals surface area contributed by atoms with Crippen LogP contribution in [0.5, 0.6) is 5.75 Å². The number of carbonyl (C=O) groups excluding carboxylic acids is 1. The zero-order chi connectivity index (χ0) is 17.6. The first-order chi connectivity index (χ1) is 10.4. The SMILES string of the molecule is CC(=O)N[C]1CC(S(=O)(=O)O)=Cc2cc(S(=O)(=O)O)cc(O)c21. The Labute approximate surface area is 132 Å². The largest absolute Gasteiger partial charge is 0.508 e. The van der Waals surface area contributed by atoms with Crippen molar-refractivity contribution in [2.75, 3.05) is 0 Å². The molecule has 0 saturated heterocycles. The third-order valence-electron chi connectivity index (χ3n) is 3.05. The minimum absolute atomic E-state index is 0.000000000000000222. The van der Waals surface area contributed by atoms with Gasteiger partial charge in [-0.2, -0.15) is 16.8 Å². The molecule has 11 heteroatoms. The van der Waals surface area contributed by atoms with Crippen LogP contribution in [0, 0.1) is 6.04 Å². The van der Waals surface area contributed by atoms with Crippen LogP contribution >= 0.6 is 0 Å². The fraction of sp³-hybridized carbons (Fsp3) is 0.167. The Morgan fingerprint density at radius 2 is 1.74 bits per heavy atom. The minimum atomic E-state index is -4.65. The quantitative estimate of drug-likeness (QED) is 0.558. The second-order valence-corrected chi connectivity index (χ2v) is 7.70. The molecule has 0 saturated carbocycles. The Morgan fingerprint density at radius 3 is 2.22 bits per heavy atom. The number of nitrogens with one attached hydrogen (secondary N) is 1. The first-order valence-corrected chi connectivity index (χ1v) is 8.94. The van der Waals surface area contributed by atoms with Gasteiger partial charge in [0.05, 0.1) is 9.80 Å². The van der Waals surface area contributed by atoms with E-state index in [4.69, 9.17) is 9.11 Å². The van der Waals surface area contributed by atoms with E-state index < -0.39 is 48.1 Å². The number of hydrogen-bond donors (Lipinski definition) is 4. The molecule has 1 aliphatic rings. The Kier molecular flexibility index (Phi) is 4.24. The van der Waals surface area contributed by atoms with Crippen LogP contribution in [0.2, 0.25) is 0 Å². The van der Waals surface area contributed by atoms with Crippen LogP contribution in [0.15, 0.2) is 21.9 Å². The highest BCUT2D eigenvalue weighted by Gasteiger charge is 2.32. The lowest BCUT2D eigenvalue weighted by Gasteiger charge is -2.25. The number of carbonyl (C=O) groups is 1. The topological polar surface area (TPSA) is 158 Å². The van der Waals surface area contributed by atoms with Crippen molar-refractivity contribution in [2.24, 2.45) is 0 Å². The predicted octanol–water partition coefficient (Wildman–Crippen LogP) is 0.287. The lowest BCUT2D eigenvalue weighted by molar-refractivity contribution is -0.118. The van der Waals surface area contributed by atoms with Crippen molar-refractivity contribution < 1.29 is 35.8 Å². The summed E-state index contributed by atoms with van der Waals surface area (Å²) in [6, 6.07) is 1.65. The van der Waals surface area contributed by atoms with Gasteiger partial charge in [-0.05, 0) is 17.7 Å². The summed E-state index contributed by atoms with van der Waals surface area (Å²) >= 11 is 0. The van der Waals surface area contributed by atoms with E-state index in [9.17, 15) is 26.7 Å². The second-order valence-electron chi connectivity index (χ2n) is 4.80. The van der Waals surface area contributed by atoms with E-state index in [0.717, 1.165) is 25.1 Å². The van der Waals surface area contributed by atoms with Gasteiger partial charge in [0.2, 0.25) is 5.91 Å². The van der Waals surface area contributed by atoms with Gasteiger partial charge in [-0.1, -0.05) is 0 Å². The van der Waals surface area contributed by atoms with Crippen molar-refractivity contribution >= 4 is 32.2 Å². The molecular formula is C12H12NO8S2. The molecule has 1 aromatic carbocycles. The zero-order valence-corrected chi connectivity index (χ0v) is 13.3. The Bertz CT molecular complexity index is 915. The van der Waals surface area contributed by atoms with E-state index in [1.54, 1.807) is 0 Å². The molecule has 23 heavy (non-hydrogen) atoms. The summed E-state index contributed by atoms with van der Waals surface area (Å²) < 4.78 is 63.2. The van der Waals surface area contributed by atoms with E-state index in [0.29, 0.717) is 0 Å². The van der Waals surface area contributed by atoms with Crippen molar-refractivity contribution in [3.63, 3.8) is 0 Å². The second kappa shape index (κ2) is 5.60. The van der Waals surface area contributed by atoms with Gasteiger partial charge in [0.25, 0.3) is 20.2 Å². The first kappa shape index (κ1) is 17.4. The minimum Gasteiger partial charge on any atom is -0.508 e. The normalized spacial score (nSPS) is 15.7. The highest BCUT2D eigenvalue weighted by atomic mass is 32.2. The molecule has 0 bridgehead atoms. The summed E-state index contributed by atoms with van der Waals surface area (Å²) in [6.45, 7) is 1.15. The first-order valence-electron chi connectivity index (χ1n) is 6.06. The number of amides is 1. The molecule has 0 aliphatic heterocycles. The molecule has 0 heterocycles. The fourth-order valence-electron chi connectivity index (χ4n) is 2.19. The van der Waals surface area contributed by atoms with Gasteiger partial charge < -0.3 is 10.4 Å². The number of fused-ring (bicyclic) bond motifs is 1. The Balaban J connectivity index is 2.74. The molecule has 2 rings (SSSR count). The molecule has 1 aromatic rings. The maximum absolute atomic E-state index is 11.3. The maximum atomic E-state index is 11.3. The Hall–Kier alpha value is -1.95. The molecule has 125 valence electrons. The van der Waals surface area contributed by atoms with Gasteiger partial charge in [0.15, 0.2) is 0 Å². The molecule has 0 aromatic heterocycles. The van der Waals surface area contributed by atoms with E-state index >= 15 is 0 Å². The number of phenols is 1. The van der Waals surface area contributed by atoms with Crippen LogP contribution in [0.1, 0.15) is 24.5 Å². The van der Waals surface area contributed by atoms with Gasteiger partial charge in [-0.15, -0.1) is 0 Å². The molecule has 1 amide bonds. The third-order valence-corrected chi connectivity index (χ3v) is 4.80. The molecule has 0 atom stereocenters. The number of aromatic hydroxyl groups is 1. The zero-order valence-electron chi connectivity index (χ0n) is 11.6. The summed E-state index contributed by atoms with van der Waals surface area (Å²) in [6.07, 6.45) is 0.550. The Morgan fingerprint density at radius 1 is 1.13 bits per heavy atom. The standard InChI is InChI=1S/C12H12NO8S2/c1-6(14)13-10-4-8(22(16,17)18)2-7-3-9(23(19,20)21)5-11(15)12(7)10/h2-3,5,15H,4H2,1H3,(H,13,14)(H,16,17,18)(H,19,20,21). The fourth-order valence-corrected chi connectivity index (χ4v) is 3.32. The van der Waals surface area contributed by atoms with Gasteiger partial charge in [-0.25, -0.2) is 0 Å². The van der Waals surface area contributed by atoms with Crippen molar-refractivity contribution in [3.8, 4) is 5.75 Å². The summed E-state index contributed by atoms with van der Waals surface area (Å²) in [5.41, 5.74) is -0.0970. The number of hydrogen-bond acceptors (Lipinski definition) is 6. The molecular weight excluding hydrogens is 350 g/mol. The van der Waals surface area contributed by atoms with Crippen molar-refractivity contribution in [1.29, 1.82) is 0 Å². The van der Waals surface area contributed by atoms with Crippen molar-refractivity contribution in [3.05, 3.63) is 34.2 Å². The highest BCUT2D eigenvalue weighted by Crippen LogP contribution is 2.39. The lowest BCUT2D eigenvalue weighted by Crippen LogP contribution is -2.30. The van der Waals surface area contributed by atoms with Gasteiger partial charge in [0.1, 0.15) is 11.8 Å². The van der Waals surface area contributed by atoms with E-state index in [1.807, 2.05) is 0 Å². The molecule has 1 aliphatic carbocycles. The molecule has 0 spiro atoms. The summed E-state index contributed by atoms with van der Waals surface area (Å²) in [4.78, 5) is 10.1. The lowest BCUT2D eigenvalue weighted by atomic mass is 9.91. The van der Waals surface area contributed by atoms with E-state index in [2.05, 4.69) is 5.32 Å². The summed E-state index contributed by atoms with van der Waals surface area (Å²) in [5, 5.41) is 12.3.